The van der Waals surface area contributed by atoms with Crippen LogP contribution in [0, 0.1) is 16.2 Å². The lowest BCUT2D eigenvalue weighted by atomic mass is 9.64. The molecule has 35 heavy (non-hydrogen) atoms. The van der Waals surface area contributed by atoms with E-state index in [2.05, 4.69) is 51.7 Å². The first-order chi connectivity index (χ1) is 15.8. The lowest BCUT2D eigenvalue weighted by molar-refractivity contribution is -0.137. The highest BCUT2D eigenvalue weighted by Gasteiger charge is 2.64. The Morgan fingerprint density at radius 3 is 2.11 bits per heavy atom. The van der Waals surface area contributed by atoms with Crippen LogP contribution in [0.15, 0.2) is 35.7 Å². The molecule has 1 aliphatic carbocycles. The molecule has 0 aromatic heterocycles. The van der Waals surface area contributed by atoms with Crippen LogP contribution in [-0.4, -0.2) is 48.3 Å². The van der Waals surface area contributed by atoms with Crippen LogP contribution in [0.2, 0.25) is 0 Å². The third kappa shape index (κ3) is 6.79. The van der Waals surface area contributed by atoms with Crippen LogP contribution < -0.4 is 0 Å². The second kappa shape index (κ2) is 10.4. The van der Waals surface area contributed by atoms with Gasteiger partial charge in [-0.2, -0.15) is 26.3 Å². The molecular weight excluding hydrogens is 466 g/mol. The smallest absolute Gasteiger partial charge is 0.380 e. The fourth-order valence-electron chi connectivity index (χ4n) is 6.34. The van der Waals surface area contributed by atoms with Crippen LogP contribution in [0.1, 0.15) is 80.1 Å². The maximum absolute atomic E-state index is 13.0. The summed E-state index contributed by atoms with van der Waals surface area (Å²) in [6.07, 6.45) is -0.181. The number of fused-ring (bicyclic) bond motifs is 1. The molecule has 8 heteroatoms. The Bertz CT molecular complexity index is 819. The van der Waals surface area contributed by atoms with E-state index in [1.54, 1.807) is 7.05 Å². The van der Waals surface area contributed by atoms with Gasteiger partial charge in [0.15, 0.2) is 0 Å². The summed E-state index contributed by atoms with van der Waals surface area (Å²) in [5.41, 5.74) is 1.17. The molecule has 0 spiro atoms. The normalized spacial score (nSPS) is 27.5. The Morgan fingerprint density at radius 2 is 1.57 bits per heavy atom. The molecular formula is C27H42F6N2. The summed E-state index contributed by atoms with van der Waals surface area (Å²) in [5, 5.41) is 0. The van der Waals surface area contributed by atoms with Gasteiger partial charge in [0.2, 0.25) is 0 Å². The SMILES string of the molecule is CCC1=CN(CCCC(F)(F)F)C2C(C)(C)/C(=C\N(C)CCCC(F)(F)F)C(C)(C)[C@]2(C)CC=C1. The number of allylic oxidation sites excluding steroid dienone is 3. The van der Waals surface area contributed by atoms with Crippen LogP contribution in [0.25, 0.3) is 0 Å². The number of hydrogen-bond donors (Lipinski definition) is 0. The van der Waals surface area contributed by atoms with Crippen LogP contribution in [0.5, 0.6) is 0 Å². The molecule has 0 aromatic carbocycles. The average molecular weight is 509 g/mol. The standard InChI is InChI=1S/C27H42F6N2/c1-8-20-12-9-13-25(6)22(35(18-20)17-11-15-27(31,32)33)23(2,3)21(24(25,4)5)19-34(7)16-10-14-26(28,29)30/h9,12,18-19,22H,8,10-11,13-17H2,1-7H3/b12-9?,20-18?,21-19+/t22?,25-/m1/s1. The van der Waals surface area contributed by atoms with E-state index in [4.69, 9.17) is 0 Å². The third-order valence-electron chi connectivity index (χ3n) is 8.22. The van der Waals surface area contributed by atoms with Crippen molar-refractivity contribution >= 4 is 0 Å². The van der Waals surface area contributed by atoms with Crippen molar-refractivity contribution < 1.29 is 26.3 Å². The molecule has 1 heterocycles. The van der Waals surface area contributed by atoms with Gasteiger partial charge in [-0.3, -0.25) is 0 Å². The minimum atomic E-state index is -4.20. The zero-order valence-corrected chi connectivity index (χ0v) is 22.2. The second-order valence-corrected chi connectivity index (χ2v) is 11.5. The molecule has 2 nitrogen and oxygen atoms in total. The Balaban J connectivity index is 2.47. The molecule has 1 aliphatic heterocycles. The molecule has 0 aromatic rings. The number of alkyl halides is 6. The topological polar surface area (TPSA) is 6.48 Å². The van der Waals surface area contributed by atoms with Gasteiger partial charge >= 0.3 is 12.4 Å². The van der Waals surface area contributed by atoms with Gasteiger partial charge in [0.1, 0.15) is 0 Å². The molecule has 2 atom stereocenters. The highest BCUT2D eigenvalue weighted by atomic mass is 19.4. The van der Waals surface area contributed by atoms with Crippen LogP contribution in [0.4, 0.5) is 26.3 Å². The van der Waals surface area contributed by atoms with Crippen molar-refractivity contribution in [1.82, 2.24) is 9.80 Å². The quantitative estimate of drug-likeness (QED) is 0.303. The Kier molecular flexibility index (Phi) is 8.81. The predicted octanol–water partition coefficient (Wildman–Crippen LogP) is 8.48. The van der Waals surface area contributed by atoms with Crippen molar-refractivity contribution in [2.45, 2.75) is 98.5 Å². The zero-order chi connectivity index (χ0) is 26.9. The molecule has 1 unspecified atom stereocenters. The van der Waals surface area contributed by atoms with Crippen molar-refractivity contribution in [2.24, 2.45) is 16.2 Å². The van der Waals surface area contributed by atoms with Crippen molar-refractivity contribution in [3.63, 3.8) is 0 Å². The van der Waals surface area contributed by atoms with Gasteiger partial charge in [-0.15, -0.1) is 0 Å². The van der Waals surface area contributed by atoms with Gasteiger partial charge in [-0.25, -0.2) is 0 Å². The van der Waals surface area contributed by atoms with E-state index >= 15 is 0 Å². The molecule has 0 N–H and O–H groups in total. The molecule has 2 aliphatic rings. The van der Waals surface area contributed by atoms with Gasteiger partial charge in [0.25, 0.3) is 0 Å². The summed E-state index contributed by atoms with van der Waals surface area (Å²) >= 11 is 0. The first-order valence-corrected chi connectivity index (χ1v) is 12.5. The molecule has 1 saturated carbocycles. The summed E-state index contributed by atoms with van der Waals surface area (Å²) in [7, 11) is 1.80. The second-order valence-electron chi connectivity index (χ2n) is 11.5. The molecule has 1 fully saturated rings. The maximum atomic E-state index is 13.0. The Morgan fingerprint density at radius 1 is 1.00 bits per heavy atom. The molecule has 2 rings (SSSR count). The van der Waals surface area contributed by atoms with Crippen LogP contribution >= 0.6 is 0 Å². The molecule has 202 valence electrons. The van der Waals surface area contributed by atoms with Gasteiger partial charge in [0.05, 0.1) is 0 Å². The summed E-state index contributed by atoms with van der Waals surface area (Å²) in [4.78, 5) is 3.96. The van der Waals surface area contributed by atoms with Crippen molar-refractivity contribution in [2.75, 3.05) is 20.1 Å². The first kappa shape index (κ1) is 29.6. The molecule has 0 radical (unpaired) electrons. The highest BCUT2D eigenvalue weighted by Crippen LogP contribution is 2.66. The fourth-order valence-corrected chi connectivity index (χ4v) is 6.34. The number of nitrogens with zero attached hydrogens (tertiary/aromatic N) is 2. The van der Waals surface area contributed by atoms with Gasteiger partial charge in [-0.05, 0) is 48.4 Å². The van der Waals surface area contributed by atoms with E-state index in [9.17, 15) is 26.3 Å². The predicted molar refractivity (Wildman–Crippen MR) is 130 cm³/mol. The lowest BCUT2D eigenvalue weighted by Crippen LogP contribution is -2.51. The Hall–Kier alpha value is -1.60. The third-order valence-corrected chi connectivity index (χ3v) is 8.22. The van der Waals surface area contributed by atoms with Crippen molar-refractivity contribution in [1.29, 1.82) is 0 Å². The van der Waals surface area contributed by atoms with E-state index in [0.29, 0.717) is 6.54 Å². The Labute approximate surface area is 207 Å². The largest absolute Gasteiger partial charge is 0.389 e. The number of rotatable bonds is 8. The highest BCUT2D eigenvalue weighted by molar-refractivity contribution is 5.37. The van der Waals surface area contributed by atoms with Crippen LogP contribution in [0.3, 0.4) is 0 Å². The first-order valence-electron chi connectivity index (χ1n) is 12.5. The van der Waals surface area contributed by atoms with Crippen LogP contribution in [-0.2, 0) is 0 Å². The monoisotopic (exact) mass is 508 g/mol. The van der Waals surface area contributed by atoms with E-state index in [-0.39, 0.29) is 36.3 Å². The maximum Gasteiger partial charge on any atom is 0.389 e. The average Bonchev–Trinajstić information content (AvgIpc) is 2.77. The summed E-state index contributed by atoms with van der Waals surface area (Å²) in [5.74, 6) is 0. The summed E-state index contributed by atoms with van der Waals surface area (Å²) < 4.78 is 76.8. The van der Waals surface area contributed by atoms with Gasteiger partial charge in [-0.1, -0.05) is 53.7 Å². The number of hydrogen-bond acceptors (Lipinski definition) is 2. The lowest BCUT2D eigenvalue weighted by Gasteiger charge is -2.48. The van der Waals surface area contributed by atoms with Gasteiger partial charge in [0, 0.05) is 56.1 Å². The molecule has 0 amide bonds. The van der Waals surface area contributed by atoms with Crippen molar-refractivity contribution in [3.8, 4) is 0 Å². The molecule has 0 bridgehead atoms. The molecule has 0 saturated heterocycles. The fraction of sp³-hybridized carbons (Fsp3) is 0.778. The van der Waals surface area contributed by atoms with E-state index in [1.807, 2.05) is 24.2 Å². The van der Waals surface area contributed by atoms with Crippen molar-refractivity contribution in [3.05, 3.63) is 35.7 Å². The zero-order valence-electron chi connectivity index (χ0n) is 22.2. The minimum Gasteiger partial charge on any atom is -0.380 e. The van der Waals surface area contributed by atoms with E-state index < -0.39 is 30.6 Å². The minimum absolute atomic E-state index is 0.0141. The van der Waals surface area contributed by atoms with Gasteiger partial charge < -0.3 is 9.80 Å². The summed E-state index contributed by atoms with van der Waals surface area (Å²) in [6.45, 7) is 13.4. The number of halogens is 6. The van der Waals surface area contributed by atoms with E-state index in [0.717, 1.165) is 24.0 Å². The summed E-state index contributed by atoms with van der Waals surface area (Å²) in [6, 6.07) is -0.0699. The van der Waals surface area contributed by atoms with E-state index in [1.165, 1.54) is 0 Å².